The molecule has 1 aromatic heterocycles. The van der Waals surface area contributed by atoms with Gasteiger partial charge in [0.2, 0.25) is 0 Å². The molecule has 4 heteroatoms. The Morgan fingerprint density at radius 1 is 1.45 bits per heavy atom. The number of nitrogens with two attached hydrogens (primary N) is 1. The fourth-order valence-electron chi connectivity index (χ4n) is 0.667. The Morgan fingerprint density at radius 2 is 2.09 bits per heavy atom. The van der Waals surface area contributed by atoms with Gasteiger partial charge >= 0.3 is 0 Å². The van der Waals surface area contributed by atoms with Gasteiger partial charge in [-0.25, -0.2) is 9.37 Å². The minimum absolute atomic E-state index is 0.244. The maximum Gasteiger partial charge on any atom is 0.148 e. The SMILES string of the molecule is CC(C)(F)c1cncc(N)n1. The number of aromatic nitrogens is 2. The van der Waals surface area contributed by atoms with Gasteiger partial charge in [-0.15, -0.1) is 0 Å². The smallest absolute Gasteiger partial charge is 0.148 e. The van der Waals surface area contributed by atoms with E-state index in [1.165, 1.54) is 26.2 Å². The van der Waals surface area contributed by atoms with Crippen LogP contribution in [0.25, 0.3) is 0 Å². The second kappa shape index (κ2) is 2.45. The zero-order chi connectivity index (χ0) is 8.48. The molecule has 60 valence electrons. The third kappa shape index (κ3) is 1.86. The number of anilines is 1. The predicted molar refractivity (Wildman–Crippen MR) is 40.6 cm³/mol. The summed E-state index contributed by atoms with van der Waals surface area (Å²) in [5.74, 6) is 0.244. The van der Waals surface area contributed by atoms with Crippen molar-refractivity contribution in [2.75, 3.05) is 5.73 Å². The van der Waals surface area contributed by atoms with Gasteiger partial charge in [0.25, 0.3) is 0 Å². The Kier molecular flexibility index (Phi) is 1.76. The zero-order valence-electron chi connectivity index (χ0n) is 6.50. The van der Waals surface area contributed by atoms with Crippen LogP contribution in [0, 0.1) is 0 Å². The Bertz CT molecular complexity index is 254. The van der Waals surface area contributed by atoms with Crippen molar-refractivity contribution in [1.29, 1.82) is 0 Å². The van der Waals surface area contributed by atoms with Gasteiger partial charge in [-0.1, -0.05) is 0 Å². The van der Waals surface area contributed by atoms with Crippen LogP contribution in [0.4, 0.5) is 10.2 Å². The first-order valence-electron chi connectivity index (χ1n) is 3.27. The molecule has 1 aromatic rings. The van der Waals surface area contributed by atoms with E-state index in [0.29, 0.717) is 0 Å². The monoisotopic (exact) mass is 155 g/mol. The molecule has 0 aliphatic carbocycles. The normalized spacial score (nSPS) is 11.5. The van der Waals surface area contributed by atoms with E-state index in [4.69, 9.17) is 5.73 Å². The lowest BCUT2D eigenvalue weighted by atomic mass is 10.1. The largest absolute Gasteiger partial charge is 0.382 e. The third-order valence-corrected chi connectivity index (χ3v) is 1.26. The van der Waals surface area contributed by atoms with Crippen molar-refractivity contribution in [2.24, 2.45) is 0 Å². The van der Waals surface area contributed by atoms with Crippen molar-refractivity contribution in [1.82, 2.24) is 9.97 Å². The standard InChI is InChI=1S/C7H10FN3/c1-7(2,8)5-3-10-4-6(9)11-5/h3-4H,1-2H3,(H2,9,11). The minimum Gasteiger partial charge on any atom is -0.382 e. The van der Waals surface area contributed by atoms with Crippen LogP contribution in [-0.4, -0.2) is 9.97 Å². The van der Waals surface area contributed by atoms with E-state index < -0.39 is 5.67 Å². The Balaban J connectivity index is 3.06. The molecule has 1 heterocycles. The highest BCUT2D eigenvalue weighted by Crippen LogP contribution is 2.21. The fourth-order valence-corrected chi connectivity index (χ4v) is 0.667. The first-order valence-corrected chi connectivity index (χ1v) is 3.27. The summed E-state index contributed by atoms with van der Waals surface area (Å²) in [5.41, 5.74) is 4.11. The second-order valence-electron chi connectivity index (χ2n) is 2.80. The lowest BCUT2D eigenvalue weighted by Gasteiger charge is -2.12. The molecule has 0 fully saturated rings. The number of hydrogen-bond donors (Lipinski definition) is 1. The summed E-state index contributed by atoms with van der Waals surface area (Å²) in [4.78, 5) is 7.51. The second-order valence-corrected chi connectivity index (χ2v) is 2.80. The van der Waals surface area contributed by atoms with Crippen LogP contribution < -0.4 is 5.73 Å². The number of alkyl halides is 1. The molecular weight excluding hydrogens is 145 g/mol. The number of rotatable bonds is 1. The Hall–Kier alpha value is -1.19. The van der Waals surface area contributed by atoms with Crippen molar-refractivity contribution in [3.05, 3.63) is 18.1 Å². The summed E-state index contributed by atoms with van der Waals surface area (Å²) < 4.78 is 13.1. The van der Waals surface area contributed by atoms with Gasteiger partial charge in [-0.05, 0) is 13.8 Å². The van der Waals surface area contributed by atoms with Crippen LogP contribution in [-0.2, 0) is 5.67 Å². The number of nitrogen functional groups attached to an aromatic ring is 1. The first-order chi connectivity index (χ1) is 5.00. The van der Waals surface area contributed by atoms with Crippen LogP contribution in [0.15, 0.2) is 12.4 Å². The van der Waals surface area contributed by atoms with Gasteiger partial charge < -0.3 is 5.73 Å². The van der Waals surface area contributed by atoms with Crippen molar-refractivity contribution in [3.8, 4) is 0 Å². The molecule has 0 saturated heterocycles. The summed E-state index contributed by atoms with van der Waals surface area (Å²) in [5, 5.41) is 0. The van der Waals surface area contributed by atoms with Gasteiger partial charge in [0.05, 0.1) is 18.1 Å². The first kappa shape index (κ1) is 7.91. The maximum absolute atomic E-state index is 13.1. The molecule has 0 bridgehead atoms. The molecule has 0 unspecified atom stereocenters. The summed E-state index contributed by atoms with van der Waals surface area (Å²) in [6.45, 7) is 2.83. The molecule has 0 amide bonds. The number of nitrogens with zero attached hydrogens (tertiary/aromatic N) is 2. The molecule has 0 aliphatic heterocycles. The average molecular weight is 155 g/mol. The van der Waals surface area contributed by atoms with Gasteiger partial charge in [-0.3, -0.25) is 4.98 Å². The third-order valence-electron chi connectivity index (χ3n) is 1.26. The zero-order valence-corrected chi connectivity index (χ0v) is 6.50. The average Bonchev–Trinajstić information content (AvgIpc) is 1.86. The minimum atomic E-state index is -1.47. The molecular formula is C7H10FN3. The van der Waals surface area contributed by atoms with Crippen molar-refractivity contribution >= 4 is 5.82 Å². The van der Waals surface area contributed by atoms with E-state index in [-0.39, 0.29) is 11.5 Å². The highest BCUT2D eigenvalue weighted by Gasteiger charge is 2.20. The van der Waals surface area contributed by atoms with E-state index >= 15 is 0 Å². The molecule has 0 saturated carbocycles. The molecule has 0 atom stereocenters. The van der Waals surface area contributed by atoms with Crippen molar-refractivity contribution < 1.29 is 4.39 Å². The van der Waals surface area contributed by atoms with Crippen LogP contribution in [0.3, 0.4) is 0 Å². The molecule has 0 spiro atoms. The van der Waals surface area contributed by atoms with Gasteiger partial charge in [0.1, 0.15) is 11.5 Å². The highest BCUT2D eigenvalue weighted by atomic mass is 19.1. The van der Waals surface area contributed by atoms with Crippen molar-refractivity contribution in [2.45, 2.75) is 19.5 Å². The summed E-state index contributed by atoms with van der Waals surface area (Å²) in [6, 6.07) is 0. The van der Waals surface area contributed by atoms with Crippen LogP contribution in [0.2, 0.25) is 0 Å². The lowest BCUT2D eigenvalue weighted by Crippen LogP contribution is -2.12. The summed E-state index contributed by atoms with van der Waals surface area (Å²) in [7, 11) is 0. The number of hydrogen-bond acceptors (Lipinski definition) is 3. The van der Waals surface area contributed by atoms with Crippen molar-refractivity contribution in [3.63, 3.8) is 0 Å². The summed E-state index contributed by atoms with van der Waals surface area (Å²) >= 11 is 0. The molecule has 0 radical (unpaired) electrons. The number of halogens is 1. The summed E-state index contributed by atoms with van der Waals surface area (Å²) in [6.07, 6.45) is 2.76. The fraction of sp³-hybridized carbons (Fsp3) is 0.429. The van der Waals surface area contributed by atoms with E-state index in [2.05, 4.69) is 9.97 Å². The molecule has 2 N–H and O–H groups in total. The topological polar surface area (TPSA) is 51.8 Å². The predicted octanol–water partition coefficient (Wildman–Crippen LogP) is 1.26. The molecule has 0 aliphatic rings. The quantitative estimate of drug-likeness (QED) is 0.664. The maximum atomic E-state index is 13.1. The van der Waals surface area contributed by atoms with E-state index in [9.17, 15) is 4.39 Å². The van der Waals surface area contributed by atoms with Gasteiger partial charge in [-0.2, -0.15) is 0 Å². The molecule has 0 aromatic carbocycles. The Morgan fingerprint density at radius 3 is 2.45 bits per heavy atom. The molecule has 3 nitrogen and oxygen atoms in total. The molecule has 11 heavy (non-hydrogen) atoms. The molecule has 1 rings (SSSR count). The Labute approximate surface area is 64.5 Å². The van der Waals surface area contributed by atoms with E-state index in [1.807, 2.05) is 0 Å². The highest BCUT2D eigenvalue weighted by molar-refractivity contribution is 5.25. The lowest BCUT2D eigenvalue weighted by molar-refractivity contribution is 0.214. The van der Waals surface area contributed by atoms with E-state index in [0.717, 1.165) is 0 Å². The van der Waals surface area contributed by atoms with Crippen LogP contribution in [0.5, 0.6) is 0 Å². The van der Waals surface area contributed by atoms with Crippen LogP contribution in [0.1, 0.15) is 19.5 Å². The van der Waals surface area contributed by atoms with Gasteiger partial charge in [0, 0.05) is 0 Å². The van der Waals surface area contributed by atoms with E-state index in [1.54, 1.807) is 0 Å². The van der Waals surface area contributed by atoms with Crippen LogP contribution >= 0.6 is 0 Å². The van der Waals surface area contributed by atoms with Gasteiger partial charge in [0.15, 0.2) is 0 Å².